The van der Waals surface area contributed by atoms with Crippen LogP contribution in [0.5, 0.6) is 0 Å². The van der Waals surface area contributed by atoms with E-state index in [0.717, 1.165) is 11.4 Å². The van der Waals surface area contributed by atoms with E-state index in [1.165, 1.54) is 20.3 Å². The molecular weight excluding hydrogens is 368 g/mol. The van der Waals surface area contributed by atoms with E-state index in [0.29, 0.717) is 16.8 Å². The molecule has 0 aliphatic rings. The number of methoxy groups -OCH3 is 2. The number of rotatable bonds is 5. The van der Waals surface area contributed by atoms with Gasteiger partial charge in [0, 0.05) is 29.7 Å². The fourth-order valence-electron chi connectivity index (χ4n) is 3.23. The van der Waals surface area contributed by atoms with Crippen LogP contribution in [-0.4, -0.2) is 33.2 Å². The van der Waals surface area contributed by atoms with Crippen LogP contribution < -0.4 is 10.6 Å². The minimum absolute atomic E-state index is 0.132. The summed E-state index contributed by atoms with van der Waals surface area (Å²) in [6.07, 6.45) is 0. The molecule has 3 aromatic rings. The lowest BCUT2D eigenvalue weighted by atomic mass is 9.93. The van der Waals surface area contributed by atoms with Gasteiger partial charge in [0.15, 0.2) is 0 Å². The smallest absolute Gasteiger partial charge is 0.339 e. The summed E-state index contributed by atoms with van der Waals surface area (Å²) in [7, 11) is 4.47. The molecule has 0 spiro atoms. The number of carbonyl (C=O) groups excluding carboxylic acids is 2. The van der Waals surface area contributed by atoms with Crippen LogP contribution in [0.3, 0.4) is 0 Å². The molecule has 29 heavy (non-hydrogen) atoms. The third kappa shape index (κ3) is 3.91. The summed E-state index contributed by atoms with van der Waals surface area (Å²) in [6, 6.07) is 20.2. The van der Waals surface area contributed by atoms with Gasteiger partial charge in [0.1, 0.15) is 0 Å². The van der Waals surface area contributed by atoms with Crippen molar-refractivity contribution in [2.45, 2.75) is 0 Å². The largest absolute Gasteiger partial charge is 0.465 e. The van der Waals surface area contributed by atoms with Crippen molar-refractivity contribution in [3.63, 3.8) is 0 Å². The molecule has 0 fully saturated rings. The van der Waals surface area contributed by atoms with Gasteiger partial charge in [0.05, 0.1) is 25.3 Å². The van der Waals surface area contributed by atoms with Crippen molar-refractivity contribution in [3.05, 3.63) is 77.9 Å². The van der Waals surface area contributed by atoms with Gasteiger partial charge < -0.3 is 20.1 Å². The number of carbonyl (C=O) groups is 2. The average molecular weight is 390 g/mol. The van der Waals surface area contributed by atoms with E-state index in [1.807, 2.05) is 48.3 Å². The molecule has 0 unspecified atom stereocenters. The fourth-order valence-corrected chi connectivity index (χ4v) is 3.23. The van der Waals surface area contributed by atoms with E-state index in [1.54, 1.807) is 24.3 Å². The molecule has 0 radical (unpaired) electrons. The Hall–Kier alpha value is -3.80. The molecule has 6 heteroatoms. The first-order valence-corrected chi connectivity index (χ1v) is 8.96. The molecule has 0 saturated carbocycles. The molecule has 2 N–H and O–H groups in total. The fraction of sp³-hybridized carbons (Fsp3) is 0.130. The predicted molar refractivity (Wildman–Crippen MR) is 113 cm³/mol. The summed E-state index contributed by atoms with van der Waals surface area (Å²) >= 11 is 0. The number of nitrogens with two attached hydrogens (primary N) is 1. The van der Waals surface area contributed by atoms with E-state index in [9.17, 15) is 9.59 Å². The molecule has 0 aliphatic carbocycles. The lowest BCUT2D eigenvalue weighted by Gasteiger charge is -2.24. The van der Waals surface area contributed by atoms with Crippen LogP contribution >= 0.6 is 0 Å². The van der Waals surface area contributed by atoms with Gasteiger partial charge in [-0.15, -0.1) is 0 Å². The molecule has 3 rings (SSSR count). The lowest BCUT2D eigenvalue weighted by Crippen LogP contribution is -2.15. The Balaban J connectivity index is 2.28. The Bertz CT molecular complexity index is 1050. The minimum Gasteiger partial charge on any atom is -0.465 e. The van der Waals surface area contributed by atoms with Crippen molar-refractivity contribution in [2.75, 3.05) is 31.9 Å². The number of benzene rings is 3. The highest BCUT2D eigenvalue weighted by Gasteiger charge is 2.25. The minimum atomic E-state index is -0.628. The van der Waals surface area contributed by atoms with E-state index in [-0.39, 0.29) is 11.1 Å². The standard InChI is InChI=1S/C23H22N2O4/c1-25(16-8-5-4-6-9-16)20-13-12-15(24)14-19(20)17-10-7-11-18(22(26)28-2)21(17)23(27)29-3/h4-14H,24H2,1-3H3. The van der Waals surface area contributed by atoms with Crippen LogP contribution in [0.1, 0.15) is 20.7 Å². The van der Waals surface area contributed by atoms with E-state index in [2.05, 4.69) is 0 Å². The molecular formula is C23H22N2O4. The molecule has 148 valence electrons. The first-order chi connectivity index (χ1) is 14.0. The summed E-state index contributed by atoms with van der Waals surface area (Å²) in [5.74, 6) is -1.24. The topological polar surface area (TPSA) is 81.9 Å². The van der Waals surface area contributed by atoms with Crippen molar-refractivity contribution in [1.82, 2.24) is 0 Å². The summed E-state index contributed by atoms with van der Waals surface area (Å²) in [5.41, 5.74) is 9.87. The molecule has 6 nitrogen and oxygen atoms in total. The maximum atomic E-state index is 12.6. The number of para-hydroxylation sites is 1. The number of nitrogen functional groups attached to an aromatic ring is 1. The number of esters is 2. The molecule has 0 atom stereocenters. The summed E-state index contributed by atoms with van der Waals surface area (Å²) in [4.78, 5) is 26.9. The van der Waals surface area contributed by atoms with Crippen LogP contribution in [0.25, 0.3) is 11.1 Å². The molecule has 0 heterocycles. The molecule has 0 aromatic heterocycles. The Kier molecular flexibility index (Phi) is 5.83. The lowest BCUT2D eigenvalue weighted by molar-refractivity contribution is 0.0556. The van der Waals surface area contributed by atoms with Crippen LogP contribution in [0.4, 0.5) is 17.1 Å². The van der Waals surface area contributed by atoms with Gasteiger partial charge >= 0.3 is 11.9 Å². The zero-order valence-corrected chi connectivity index (χ0v) is 16.5. The highest BCUT2D eigenvalue weighted by Crippen LogP contribution is 2.38. The maximum Gasteiger partial charge on any atom is 0.339 e. The zero-order chi connectivity index (χ0) is 21.0. The zero-order valence-electron chi connectivity index (χ0n) is 16.5. The second-order valence-corrected chi connectivity index (χ2v) is 6.38. The summed E-state index contributed by atoms with van der Waals surface area (Å²) in [5, 5.41) is 0. The quantitative estimate of drug-likeness (QED) is 0.517. The molecule has 0 saturated heterocycles. The third-order valence-electron chi connectivity index (χ3n) is 4.67. The Labute approximate surface area is 169 Å². The van der Waals surface area contributed by atoms with Gasteiger partial charge in [-0.25, -0.2) is 9.59 Å². The molecule has 3 aromatic carbocycles. The van der Waals surface area contributed by atoms with Crippen molar-refractivity contribution in [3.8, 4) is 11.1 Å². The highest BCUT2D eigenvalue weighted by molar-refractivity contribution is 6.09. The van der Waals surface area contributed by atoms with Crippen molar-refractivity contribution in [1.29, 1.82) is 0 Å². The SMILES string of the molecule is COC(=O)c1cccc(-c2cc(N)ccc2N(C)c2ccccc2)c1C(=O)OC. The second kappa shape index (κ2) is 8.48. The van der Waals surface area contributed by atoms with Crippen LogP contribution in [0.15, 0.2) is 66.7 Å². The number of anilines is 3. The van der Waals surface area contributed by atoms with Crippen molar-refractivity contribution < 1.29 is 19.1 Å². The maximum absolute atomic E-state index is 12.6. The normalized spacial score (nSPS) is 10.3. The van der Waals surface area contributed by atoms with Gasteiger partial charge in [-0.3, -0.25) is 0 Å². The Morgan fingerprint density at radius 2 is 1.52 bits per heavy atom. The number of hydrogen-bond donors (Lipinski definition) is 1. The van der Waals surface area contributed by atoms with Crippen molar-refractivity contribution >= 4 is 29.0 Å². The van der Waals surface area contributed by atoms with Gasteiger partial charge in [-0.05, 0) is 42.0 Å². The van der Waals surface area contributed by atoms with E-state index >= 15 is 0 Å². The average Bonchev–Trinajstić information content (AvgIpc) is 2.77. The third-order valence-corrected chi connectivity index (χ3v) is 4.67. The van der Waals surface area contributed by atoms with Crippen LogP contribution in [0.2, 0.25) is 0 Å². The molecule has 0 amide bonds. The van der Waals surface area contributed by atoms with Gasteiger partial charge in [0.2, 0.25) is 0 Å². The summed E-state index contributed by atoms with van der Waals surface area (Å²) in [6.45, 7) is 0. The number of ether oxygens (including phenoxy) is 2. The number of hydrogen-bond acceptors (Lipinski definition) is 6. The first kappa shape index (κ1) is 19.9. The van der Waals surface area contributed by atoms with E-state index < -0.39 is 11.9 Å². The van der Waals surface area contributed by atoms with Gasteiger partial charge in [0.25, 0.3) is 0 Å². The van der Waals surface area contributed by atoms with Crippen LogP contribution in [0, 0.1) is 0 Å². The van der Waals surface area contributed by atoms with Crippen LogP contribution in [-0.2, 0) is 9.47 Å². The van der Waals surface area contributed by atoms with Crippen molar-refractivity contribution in [2.24, 2.45) is 0 Å². The molecule has 0 bridgehead atoms. The first-order valence-electron chi connectivity index (χ1n) is 8.96. The van der Waals surface area contributed by atoms with Gasteiger partial charge in [-0.2, -0.15) is 0 Å². The highest BCUT2D eigenvalue weighted by atomic mass is 16.5. The Morgan fingerprint density at radius 1 is 0.828 bits per heavy atom. The Morgan fingerprint density at radius 3 is 2.17 bits per heavy atom. The predicted octanol–water partition coefficient (Wildman–Crippen LogP) is 4.28. The second-order valence-electron chi connectivity index (χ2n) is 6.38. The molecule has 0 aliphatic heterocycles. The van der Waals surface area contributed by atoms with Gasteiger partial charge in [-0.1, -0.05) is 30.3 Å². The summed E-state index contributed by atoms with van der Waals surface area (Å²) < 4.78 is 9.81. The monoisotopic (exact) mass is 390 g/mol. The number of nitrogens with zero attached hydrogens (tertiary/aromatic N) is 1. The van der Waals surface area contributed by atoms with E-state index in [4.69, 9.17) is 15.2 Å².